The van der Waals surface area contributed by atoms with Gasteiger partial charge in [-0.15, -0.1) is 0 Å². The number of rotatable bonds is 3. The fraction of sp³-hybridized carbons (Fsp3) is 0. The van der Waals surface area contributed by atoms with Crippen LogP contribution in [0, 0.1) is 5.82 Å². The maximum atomic E-state index is 13.4. The number of nitrogens with one attached hydrogen (secondary N) is 1. The third-order valence-electron chi connectivity index (χ3n) is 2.28. The highest BCUT2D eigenvalue weighted by Gasteiger charge is 2.16. The lowest BCUT2D eigenvalue weighted by Crippen LogP contribution is -2.13. The average molecular weight is 409 g/mol. The van der Waals surface area contributed by atoms with E-state index in [1.54, 1.807) is 24.3 Å². The van der Waals surface area contributed by atoms with Gasteiger partial charge in [-0.25, -0.2) is 12.8 Å². The fourth-order valence-electron chi connectivity index (χ4n) is 1.41. The third-order valence-corrected chi connectivity index (χ3v) is 4.79. The summed E-state index contributed by atoms with van der Waals surface area (Å²) in [6, 6.07) is 10.3. The molecule has 2 aromatic rings. The van der Waals surface area contributed by atoms with E-state index < -0.39 is 15.8 Å². The molecule has 0 radical (unpaired) electrons. The van der Waals surface area contributed by atoms with Crippen molar-refractivity contribution in [2.75, 3.05) is 4.72 Å². The summed E-state index contributed by atoms with van der Waals surface area (Å²) in [5.74, 6) is -0.628. The van der Waals surface area contributed by atoms with Gasteiger partial charge in [-0.2, -0.15) is 0 Å². The van der Waals surface area contributed by atoms with Crippen LogP contribution in [0.5, 0.6) is 0 Å². The zero-order chi connectivity index (χ0) is 14.0. The molecular formula is C12H8Br2FNO2S. The molecule has 0 fully saturated rings. The van der Waals surface area contributed by atoms with Gasteiger partial charge in [0.2, 0.25) is 0 Å². The highest BCUT2D eigenvalue weighted by molar-refractivity contribution is 9.10. The van der Waals surface area contributed by atoms with Gasteiger partial charge in [-0.05, 0) is 52.3 Å². The molecule has 0 saturated carbocycles. The maximum absolute atomic E-state index is 13.4. The van der Waals surface area contributed by atoms with E-state index in [9.17, 15) is 12.8 Å². The molecule has 0 aliphatic heterocycles. The van der Waals surface area contributed by atoms with Gasteiger partial charge in [-0.1, -0.05) is 22.0 Å². The predicted molar refractivity (Wildman–Crippen MR) is 79.1 cm³/mol. The number of anilines is 1. The Hall–Kier alpha value is -0.920. The van der Waals surface area contributed by atoms with E-state index >= 15 is 0 Å². The van der Waals surface area contributed by atoms with Crippen molar-refractivity contribution in [3.8, 4) is 0 Å². The van der Waals surface area contributed by atoms with Crippen molar-refractivity contribution in [3.05, 3.63) is 57.2 Å². The molecule has 0 atom stereocenters. The molecule has 3 nitrogen and oxygen atoms in total. The largest absolute Gasteiger partial charge is 0.280 e. The first-order valence-electron chi connectivity index (χ1n) is 5.12. The smallest absolute Gasteiger partial charge is 0.261 e. The van der Waals surface area contributed by atoms with Crippen LogP contribution in [-0.4, -0.2) is 8.42 Å². The lowest BCUT2D eigenvalue weighted by molar-refractivity contribution is 0.593. The molecule has 2 rings (SSSR count). The predicted octanol–water partition coefficient (Wildman–Crippen LogP) is 4.15. The van der Waals surface area contributed by atoms with Gasteiger partial charge in [0.25, 0.3) is 10.0 Å². The molecule has 0 aliphatic carbocycles. The van der Waals surface area contributed by atoms with Gasteiger partial charge in [0.05, 0.1) is 9.37 Å². The quantitative estimate of drug-likeness (QED) is 0.828. The van der Waals surface area contributed by atoms with Crippen LogP contribution in [0.1, 0.15) is 0 Å². The maximum Gasteiger partial charge on any atom is 0.261 e. The molecule has 0 aliphatic rings. The number of benzene rings is 2. The minimum Gasteiger partial charge on any atom is -0.280 e. The molecule has 0 heterocycles. The van der Waals surface area contributed by atoms with Crippen LogP contribution >= 0.6 is 31.9 Å². The number of halogens is 3. The van der Waals surface area contributed by atoms with E-state index in [4.69, 9.17) is 0 Å². The zero-order valence-corrected chi connectivity index (χ0v) is 13.4. The second-order valence-electron chi connectivity index (χ2n) is 3.69. The number of sulfonamides is 1. The summed E-state index contributed by atoms with van der Waals surface area (Å²) < 4.78 is 40.8. The van der Waals surface area contributed by atoms with Crippen molar-refractivity contribution in [2.45, 2.75) is 4.90 Å². The Bertz CT molecular complexity index is 719. The Labute approximate surface area is 127 Å². The van der Waals surface area contributed by atoms with Gasteiger partial charge in [0.1, 0.15) is 5.82 Å². The highest BCUT2D eigenvalue weighted by atomic mass is 79.9. The Morgan fingerprint density at radius 3 is 2.42 bits per heavy atom. The minimum atomic E-state index is -3.80. The first-order chi connectivity index (χ1) is 8.88. The molecule has 2 aromatic carbocycles. The van der Waals surface area contributed by atoms with Crippen molar-refractivity contribution in [2.24, 2.45) is 0 Å². The van der Waals surface area contributed by atoms with Crippen LogP contribution < -0.4 is 4.72 Å². The first kappa shape index (κ1) is 14.5. The van der Waals surface area contributed by atoms with Crippen LogP contribution in [0.3, 0.4) is 0 Å². The molecule has 0 spiro atoms. The first-order valence-corrected chi connectivity index (χ1v) is 8.19. The minimum absolute atomic E-state index is 0.131. The summed E-state index contributed by atoms with van der Waals surface area (Å²) in [4.78, 5) is -0.131. The van der Waals surface area contributed by atoms with Gasteiger partial charge in [-0.3, -0.25) is 4.72 Å². The fourth-order valence-corrected chi connectivity index (χ4v) is 3.12. The van der Waals surface area contributed by atoms with Gasteiger partial charge in [0.15, 0.2) is 0 Å². The molecular weight excluding hydrogens is 401 g/mol. The molecule has 7 heteroatoms. The average Bonchev–Trinajstić information content (AvgIpc) is 2.32. The molecule has 0 saturated heterocycles. The van der Waals surface area contributed by atoms with Crippen LogP contribution in [0.2, 0.25) is 0 Å². The van der Waals surface area contributed by atoms with Crippen molar-refractivity contribution < 1.29 is 12.8 Å². The summed E-state index contributed by atoms with van der Waals surface area (Å²) >= 11 is 6.22. The van der Waals surface area contributed by atoms with E-state index in [0.29, 0.717) is 5.69 Å². The summed E-state index contributed by atoms with van der Waals surface area (Å²) in [6.45, 7) is 0. The summed E-state index contributed by atoms with van der Waals surface area (Å²) in [5, 5.41) is 0. The van der Waals surface area contributed by atoms with Gasteiger partial charge in [0, 0.05) is 10.2 Å². The molecule has 100 valence electrons. The van der Waals surface area contributed by atoms with Crippen molar-refractivity contribution in [1.82, 2.24) is 0 Å². The van der Waals surface area contributed by atoms with E-state index in [2.05, 4.69) is 36.6 Å². The monoisotopic (exact) mass is 407 g/mol. The standard InChI is InChI=1S/C12H8Br2FNO2S/c13-8-2-1-3-9(6-8)16-19(17,18)10-4-5-11(14)12(15)7-10/h1-7,16H. The number of hydrogen-bond donors (Lipinski definition) is 1. The molecule has 0 aromatic heterocycles. The van der Waals surface area contributed by atoms with Crippen LogP contribution in [0.4, 0.5) is 10.1 Å². The SMILES string of the molecule is O=S(=O)(Nc1cccc(Br)c1)c1ccc(Br)c(F)c1. The Balaban J connectivity index is 2.35. The normalized spacial score (nSPS) is 11.3. The van der Waals surface area contributed by atoms with E-state index in [1.165, 1.54) is 12.1 Å². The lowest BCUT2D eigenvalue weighted by atomic mass is 10.3. The molecule has 19 heavy (non-hydrogen) atoms. The molecule has 0 amide bonds. The van der Waals surface area contributed by atoms with E-state index in [1.807, 2.05) is 0 Å². The Morgan fingerprint density at radius 1 is 1.05 bits per heavy atom. The second-order valence-corrected chi connectivity index (χ2v) is 7.14. The molecule has 0 unspecified atom stereocenters. The van der Waals surface area contributed by atoms with Crippen molar-refractivity contribution in [1.29, 1.82) is 0 Å². The van der Waals surface area contributed by atoms with Crippen LogP contribution in [0.15, 0.2) is 56.3 Å². The van der Waals surface area contributed by atoms with E-state index in [-0.39, 0.29) is 9.37 Å². The van der Waals surface area contributed by atoms with Crippen molar-refractivity contribution in [3.63, 3.8) is 0 Å². The zero-order valence-electron chi connectivity index (χ0n) is 9.40. The topological polar surface area (TPSA) is 46.2 Å². The number of hydrogen-bond acceptors (Lipinski definition) is 2. The highest BCUT2D eigenvalue weighted by Crippen LogP contribution is 2.22. The Morgan fingerprint density at radius 2 is 1.79 bits per heavy atom. The lowest BCUT2D eigenvalue weighted by Gasteiger charge is -2.08. The van der Waals surface area contributed by atoms with Gasteiger partial charge >= 0.3 is 0 Å². The van der Waals surface area contributed by atoms with Crippen molar-refractivity contribution >= 4 is 47.6 Å². The molecule has 0 bridgehead atoms. The molecule has 1 N–H and O–H groups in total. The second kappa shape index (κ2) is 5.60. The third kappa shape index (κ3) is 3.55. The van der Waals surface area contributed by atoms with Gasteiger partial charge < -0.3 is 0 Å². The summed E-state index contributed by atoms with van der Waals surface area (Å²) in [6.07, 6.45) is 0. The van der Waals surface area contributed by atoms with Crippen LogP contribution in [-0.2, 0) is 10.0 Å². The van der Waals surface area contributed by atoms with E-state index in [0.717, 1.165) is 10.5 Å². The summed E-state index contributed by atoms with van der Waals surface area (Å²) in [5.41, 5.74) is 0.401. The summed E-state index contributed by atoms with van der Waals surface area (Å²) in [7, 11) is -3.80. The Kier molecular flexibility index (Phi) is 4.27. The van der Waals surface area contributed by atoms with Crippen LogP contribution in [0.25, 0.3) is 0 Å².